The molecule has 1 rings (SSSR count). The molecule has 0 atom stereocenters. The number of hydrogen-bond acceptors (Lipinski definition) is 8. The number of ether oxygens (including phenoxy) is 1. The average molecular weight is 347 g/mol. The zero-order chi connectivity index (χ0) is 17.8. The number of amides is 1. The van der Waals surface area contributed by atoms with Gasteiger partial charge >= 0.3 is 6.09 Å². The van der Waals surface area contributed by atoms with Crippen LogP contribution in [0, 0.1) is 26.1 Å². The standard InChI is InChI=1S/C11H13N3O8S/c1-7(2)6-22-11(15)12-23(20,21)10-4-3-8(13(16)17)5-9(10)14(18)19/h3-5,7H,6H2,1-2H3,(H,12,15). The highest BCUT2D eigenvalue weighted by Crippen LogP contribution is 2.28. The predicted molar refractivity (Wildman–Crippen MR) is 76.3 cm³/mol. The summed E-state index contributed by atoms with van der Waals surface area (Å²) < 4.78 is 30.1. The van der Waals surface area contributed by atoms with Gasteiger partial charge in [-0.2, -0.15) is 0 Å². The molecule has 0 aliphatic heterocycles. The van der Waals surface area contributed by atoms with Crippen molar-refractivity contribution in [2.75, 3.05) is 6.61 Å². The van der Waals surface area contributed by atoms with E-state index in [-0.39, 0.29) is 12.5 Å². The van der Waals surface area contributed by atoms with Crippen molar-refractivity contribution in [3.63, 3.8) is 0 Å². The van der Waals surface area contributed by atoms with Crippen LogP contribution in [0.5, 0.6) is 0 Å². The number of benzene rings is 1. The van der Waals surface area contributed by atoms with Crippen LogP contribution in [0.1, 0.15) is 13.8 Å². The van der Waals surface area contributed by atoms with Gasteiger partial charge in [0.15, 0.2) is 4.90 Å². The van der Waals surface area contributed by atoms with Crippen LogP contribution in [-0.4, -0.2) is 31.0 Å². The van der Waals surface area contributed by atoms with Crippen molar-refractivity contribution >= 4 is 27.5 Å². The van der Waals surface area contributed by atoms with Crippen LogP contribution in [0.2, 0.25) is 0 Å². The lowest BCUT2D eigenvalue weighted by Crippen LogP contribution is -2.32. The fourth-order valence-corrected chi connectivity index (χ4v) is 2.47. The Morgan fingerprint density at radius 2 is 1.87 bits per heavy atom. The van der Waals surface area contributed by atoms with Gasteiger partial charge < -0.3 is 4.74 Å². The summed E-state index contributed by atoms with van der Waals surface area (Å²) >= 11 is 0. The molecule has 0 saturated heterocycles. The van der Waals surface area contributed by atoms with Crippen molar-refractivity contribution in [3.05, 3.63) is 38.4 Å². The quantitative estimate of drug-likeness (QED) is 0.599. The number of nitrogens with zero attached hydrogens (tertiary/aromatic N) is 2. The molecule has 12 heteroatoms. The molecule has 1 amide bonds. The lowest BCUT2D eigenvalue weighted by Gasteiger charge is -2.09. The molecule has 0 spiro atoms. The van der Waals surface area contributed by atoms with E-state index in [1.165, 1.54) is 4.72 Å². The van der Waals surface area contributed by atoms with E-state index < -0.39 is 42.2 Å². The summed E-state index contributed by atoms with van der Waals surface area (Å²) in [7, 11) is -4.61. The molecule has 1 aromatic rings. The Morgan fingerprint density at radius 1 is 1.26 bits per heavy atom. The van der Waals surface area contributed by atoms with Gasteiger partial charge in [-0.15, -0.1) is 0 Å². The number of nitro groups is 2. The van der Waals surface area contributed by atoms with E-state index >= 15 is 0 Å². The summed E-state index contributed by atoms with van der Waals surface area (Å²) in [4.78, 5) is 30.0. The van der Waals surface area contributed by atoms with Gasteiger partial charge in [-0.1, -0.05) is 13.8 Å². The van der Waals surface area contributed by atoms with Gasteiger partial charge in [0.25, 0.3) is 21.4 Å². The third kappa shape index (κ3) is 4.88. The number of carbonyl (C=O) groups excluding carboxylic acids is 1. The summed E-state index contributed by atoms with van der Waals surface area (Å²) in [6, 6.07) is 1.95. The van der Waals surface area contributed by atoms with Crippen molar-refractivity contribution in [2.24, 2.45) is 5.92 Å². The summed E-state index contributed by atoms with van der Waals surface area (Å²) in [5.74, 6) is -0.0443. The van der Waals surface area contributed by atoms with Crippen molar-refractivity contribution < 1.29 is 27.8 Å². The number of rotatable bonds is 6. The number of carbonyl (C=O) groups is 1. The van der Waals surface area contributed by atoms with Gasteiger partial charge in [-0.05, 0) is 12.0 Å². The molecule has 0 bridgehead atoms. The fourth-order valence-electron chi connectivity index (χ4n) is 1.43. The maximum absolute atomic E-state index is 12.0. The number of nitro benzene ring substituents is 2. The van der Waals surface area contributed by atoms with Crippen LogP contribution in [0.25, 0.3) is 0 Å². The summed E-state index contributed by atoms with van der Waals surface area (Å²) in [5, 5.41) is 21.5. The second-order valence-corrected chi connectivity index (χ2v) is 6.41. The lowest BCUT2D eigenvalue weighted by molar-refractivity contribution is -0.396. The second kappa shape index (κ2) is 7.00. The average Bonchev–Trinajstić information content (AvgIpc) is 2.43. The fraction of sp³-hybridized carbons (Fsp3) is 0.364. The highest BCUT2D eigenvalue weighted by molar-refractivity contribution is 7.90. The normalized spacial score (nSPS) is 11.1. The molecule has 11 nitrogen and oxygen atoms in total. The molecule has 0 aliphatic carbocycles. The predicted octanol–water partition coefficient (Wildman–Crippen LogP) is 1.57. The molecule has 0 heterocycles. The molecule has 23 heavy (non-hydrogen) atoms. The first kappa shape index (κ1) is 18.3. The molecular weight excluding hydrogens is 334 g/mol. The minimum atomic E-state index is -4.61. The summed E-state index contributed by atoms with van der Waals surface area (Å²) in [6.07, 6.45) is -1.30. The SMILES string of the molecule is CC(C)COC(=O)NS(=O)(=O)c1ccc([N+](=O)[O-])cc1[N+](=O)[O-]. The van der Waals surface area contributed by atoms with Crippen LogP contribution in [-0.2, 0) is 14.8 Å². The van der Waals surface area contributed by atoms with E-state index in [9.17, 15) is 33.4 Å². The maximum atomic E-state index is 12.0. The van der Waals surface area contributed by atoms with Crippen molar-refractivity contribution in [3.8, 4) is 0 Å². The molecule has 0 aromatic heterocycles. The van der Waals surface area contributed by atoms with E-state index in [1.54, 1.807) is 13.8 Å². The summed E-state index contributed by atoms with van der Waals surface area (Å²) in [6.45, 7) is 3.40. The monoisotopic (exact) mass is 347 g/mol. The van der Waals surface area contributed by atoms with Crippen molar-refractivity contribution in [2.45, 2.75) is 18.7 Å². The van der Waals surface area contributed by atoms with Crippen molar-refractivity contribution in [1.82, 2.24) is 4.72 Å². The van der Waals surface area contributed by atoms with Gasteiger partial charge in [0.1, 0.15) is 0 Å². The van der Waals surface area contributed by atoms with Gasteiger partial charge in [-0.3, -0.25) is 20.2 Å². The topological polar surface area (TPSA) is 159 Å². The Labute approximate surface area is 130 Å². The summed E-state index contributed by atoms with van der Waals surface area (Å²) in [5.41, 5.74) is -1.68. The van der Waals surface area contributed by atoms with E-state index in [2.05, 4.69) is 4.74 Å². The Bertz CT molecular complexity index is 744. The van der Waals surface area contributed by atoms with Crippen LogP contribution >= 0.6 is 0 Å². The van der Waals surface area contributed by atoms with Gasteiger partial charge in [-0.25, -0.2) is 17.9 Å². The minimum Gasteiger partial charge on any atom is -0.449 e. The van der Waals surface area contributed by atoms with Gasteiger partial charge in [0.2, 0.25) is 0 Å². The van der Waals surface area contributed by atoms with Crippen molar-refractivity contribution in [1.29, 1.82) is 0 Å². The number of nitrogens with one attached hydrogen (secondary N) is 1. The maximum Gasteiger partial charge on any atom is 0.421 e. The lowest BCUT2D eigenvalue weighted by atomic mass is 10.2. The number of hydrogen-bond donors (Lipinski definition) is 1. The van der Waals surface area contributed by atoms with E-state index in [0.29, 0.717) is 12.1 Å². The molecule has 0 saturated carbocycles. The smallest absolute Gasteiger partial charge is 0.421 e. The molecule has 1 aromatic carbocycles. The number of sulfonamides is 1. The molecule has 0 unspecified atom stereocenters. The first-order chi connectivity index (χ1) is 10.5. The highest BCUT2D eigenvalue weighted by Gasteiger charge is 2.30. The van der Waals surface area contributed by atoms with Crippen LogP contribution in [0.15, 0.2) is 23.1 Å². The van der Waals surface area contributed by atoms with Gasteiger partial charge in [0.05, 0.1) is 22.5 Å². The number of non-ortho nitro benzene ring substituents is 1. The Hall–Kier alpha value is -2.76. The van der Waals surface area contributed by atoms with Crippen LogP contribution in [0.3, 0.4) is 0 Å². The third-order valence-corrected chi connectivity index (χ3v) is 3.76. The molecular formula is C11H13N3O8S. The van der Waals surface area contributed by atoms with E-state index in [4.69, 9.17) is 0 Å². The Balaban J connectivity index is 3.15. The zero-order valence-corrected chi connectivity index (χ0v) is 12.9. The largest absolute Gasteiger partial charge is 0.449 e. The highest BCUT2D eigenvalue weighted by atomic mass is 32.2. The molecule has 0 aliphatic rings. The molecule has 0 fully saturated rings. The molecule has 0 radical (unpaired) electrons. The van der Waals surface area contributed by atoms with E-state index in [1.807, 2.05) is 0 Å². The first-order valence-electron chi connectivity index (χ1n) is 6.17. The van der Waals surface area contributed by atoms with Crippen LogP contribution < -0.4 is 4.72 Å². The first-order valence-corrected chi connectivity index (χ1v) is 7.65. The van der Waals surface area contributed by atoms with Crippen LogP contribution in [0.4, 0.5) is 16.2 Å². The van der Waals surface area contributed by atoms with E-state index in [0.717, 1.165) is 6.07 Å². The molecule has 1 N–H and O–H groups in total. The third-order valence-electron chi connectivity index (χ3n) is 2.41. The Kier molecular flexibility index (Phi) is 5.57. The minimum absolute atomic E-state index is 0.0443. The Morgan fingerprint density at radius 3 is 2.35 bits per heavy atom. The second-order valence-electron chi connectivity index (χ2n) is 4.76. The van der Waals surface area contributed by atoms with Gasteiger partial charge in [0, 0.05) is 6.07 Å². The molecule has 126 valence electrons. The zero-order valence-electron chi connectivity index (χ0n) is 12.1.